The molecule has 0 unspecified atom stereocenters. The Labute approximate surface area is 197 Å². The van der Waals surface area contributed by atoms with Crippen LogP contribution in [-0.2, 0) is 25.3 Å². The first-order valence-corrected chi connectivity index (χ1v) is 12.2. The van der Waals surface area contributed by atoms with E-state index in [0.717, 1.165) is 0 Å². The van der Waals surface area contributed by atoms with Crippen molar-refractivity contribution in [2.75, 3.05) is 4.72 Å². The molecule has 2 atom stereocenters. The summed E-state index contributed by atoms with van der Waals surface area (Å²) in [5, 5.41) is 0.313. The summed E-state index contributed by atoms with van der Waals surface area (Å²) in [4.78, 5) is 16.9. The third-order valence-electron chi connectivity index (χ3n) is 5.58. The lowest BCUT2D eigenvalue weighted by atomic mass is 10.0. The standard InChI is InChI=1S/C24H23ClN2O5S/c1-15-16(2)32-24(3,31-15)18-4-7-20(8-5-18)33(29,30)27-22-9-6-19(25)14-21(22)23(28)17-10-12-26-13-11-17/h4-16,27H,1-3H3/t15-,16-/m1/s1. The van der Waals surface area contributed by atoms with Gasteiger partial charge >= 0.3 is 0 Å². The van der Waals surface area contributed by atoms with Crippen molar-refractivity contribution in [1.82, 2.24) is 4.98 Å². The number of hydrogen-bond donors (Lipinski definition) is 1. The van der Waals surface area contributed by atoms with E-state index in [1.807, 2.05) is 13.8 Å². The molecule has 172 valence electrons. The number of ketones is 1. The second-order valence-corrected chi connectivity index (χ2v) is 10.1. The van der Waals surface area contributed by atoms with Gasteiger partial charge in [0, 0.05) is 34.1 Å². The molecule has 3 aromatic rings. The van der Waals surface area contributed by atoms with E-state index in [1.54, 1.807) is 31.2 Å². The number of anilines is 1. The molecule has 1 aliphatic heterocycles. The third-order valence-corrected chi connectivity index (χ3v) is 7.20. The fraction of sp³-hybridized carbons (Fsp3) is 0.250. The monoisotopic (exact) mass is 486 g/mol. The van der Waals surface area contributed by atoms with Crippen LogP contribution in [0.4, 0.5) is 5.69 Å². The highest BCUT2D eigenvalue weighted by atomic mass is 35.5. The maximum atomic E-state index is 13.1. The number of ether oxygens (including phenoxy) is 2. The van der Waals surface area contributed by atoms with Crippen LogP contribution in [0.25, 0.3) is 0 Å². The summed E-state index contributed by atoms with van der Waals surface area (Å²) in [5.41, 5.74) is 1.34. The molecule has 1 saturated heterocycles. The minimum atomic E-state index is -3.99. The van der Waals surface area contributed by atoms with Crippen LogP contribution < -0.4 is 4.72 Å². The van der Waals surface area contributed by atoms with Gasteiger partial charge in [-0.3, -0.25) is 14.5 Å². The second-order valence-electron chi connectivity index (χ2n) is 7.98. The zero-order valence-electron chi connectivity index (χ0n) is 18.3. The molecule has 2 heterocycles. The fourth-order valence-corrected chi connectivity index (χ4v) is 4.91. The first-order valence-electron chi connectivity index (χ1n) is 10.3. The second kappa shape index (κ2) is 8.87. The van der Waals surface area contributed by atoms with Crippen LogP contribution in [0.2, 0.25) is 5.02 Å². The fourth-order valence-electron chi connectivity index (χ4n) is 3.66. The number of aromatic nitrogens is 1. The van der Waals surface area contributed by atoms with Crippen LogP contribution in [0.3, 0.4) is 0 Å². The molecule has 0 saturated carbocycles. The quantitative estimate of drug-likeness (QED) is 0.504. The number of halogens is 1. The molecule has 4 rings (SSSR count). The molecule has 0 bridgehead atoms. The van der Waals surface area contributed by atoms with E-state index in [9.17, 15) is 13.2 Å². The van der Waals surface area contributed by atoms with Crippen molar-refractivity contribution in [2.24, 2.45) is 0 Å². The molecule has 0 aliphatic carbocycles. The smallest absolute Gasteiger partial charge is 0.261 e. The van der Waals surface area contributed by atoms with Gasteiger partial charge in [-0.1, -0.05) is 23.7 Å². The average molecular weight is 487 g/mol. The van der Waals surface area contributed by atoms with E-state index in [-0.39, 0.29) is 34.1 Å². The Morgan fingerprint density at radius 2 is 1.61 bits per heavy atom. The Balaban J connectivity index is 1.62. The van der Waals surface area contributed by atoms with Gasteiger partial charge in [-0.25, -0.2) is 8.42 Å². The van der Waals surface area contributed by atoms with E-state index in [1.165, 1.54) is 42.7 Å². The summed E-state index contributed by atoms with van der Waals surface area (Å²) in [6.45, 7) is 5.66. The molecule has 33 heavy (non-hydrogen) atoms. The van der Waals surface area contributed by atoms with Crippen molar-refractivity contribution in [1.29, 1.82) is 0 Å². The molecule has 9 heteroatoms. The van der Waals surface area contributed by atoms with Crippen LogP contribution in [0, 0.1) is 0 Å². The highest BCUT2D eigenvalue weighted by Gasteiger charge is 2.41. The number of rotatable bonds is 6. The number of hydrogen-bond acceptors (Lipinski definition) is 6. The summed E-state index contributed by atoms with van der Waals surface area (Å²) in [7, 11) is -3.99. The topological polar surface area (TPSA) is 94.6 Å². The average Bonchev–Trinajstić information content (AvgIpc) is 3.07. The lowest BCUT2D eigenvalue weighted by molar-refractivity contribution is -0.166. The minimum Gasteiger partial charge on any atom is -0.340 e. The van der Waals surface area contributed by atoms with Gasteiger partial charge in [0.1, 0.15) is 0 Å². The van der Waals surface area contributed by atoms with Crippen molar-refractivity contribution >= 4 is 33.1 Å². The number of nitrogens with zero attached hydrogens (tertiary/aromatic N) is 1. The summed E-state index contributed by atoms with van der Waals surface area (Å²) >= 11 is 6.08. The molecule has 1 fully saturated rings. The zero-order chi connectivity index (χ0) is 23.8. The number of nitrogens with one attached hydrogen (secondary N) is 1. The molecular formula is C24H23ClN2O5S. The first-order chi connectivity index (χ1) is 15.6. The van der Waals surface area contributed by atoms with Crippen LogP contribution in [0.1, 0.15) is 42.3 Å². The predicted molar refractivity (Wildman–Crippen MR) is 125 cm³/mol. The number of carbonyl (C=O) groups is 1. The molecule has 0 amide bonds. The van der Waals surface area contributed by atoms with Crippen molar-refractivity contribution in [3.63, 3.8) is 0 Å². The normalized spacial score (nSPS) is 19.9. The van der Waals surface area contributed by atoms with Gasteiger partial charge in [-0.05, 0) is 63.2 Å². The largest absolute Gasteiger partial charge is 0.340 e. The lowest BCUT2D eigenvalue weighted by Crippen LogP contribution is -2.24. The van der Waals surface area contributed by atoms with E-state index < -0.39 is 15.8 Å². The van der Waals surface area contributed by atoms with Gasteiger partial charge in [0.25, 0.3) is 10.0 Å². The van der Waals surface area contributed by atoms with E-state index in [4.69, 9.17) is 21.1 Å². The molecule has 1 aliphatic rings. The molecule has 0 radical (unpaired) electrons. The van der Waals surface area contributed by atoms with Crippen LogP contribution in [0.15, 0.2) is 71.9 Å². The molecule has 1 aromatic heterocycles. The van der Waals surface area contributed by atoms with Crippen LogP contribution >= 0.6 is 11.6 Å². The Hall–Kier alpha value is -2.78. The van der Waals surface area contributed by atoms with Crippen LogP contribution in [0.5, 0.6) is 0 Å². The number of pyridine rings is 1. The van der Waals surface area contributed by atoms with E-state index in [0.29, 0.717) is 16.1 Å². The van der Waals surface area contributed by atoms with Crippen LogP contribution in [-0.4, -0.2) is 31.4 Å². The number of carbonyl (C=O) groups excluding carboxylic acids is 1. The molecular weight excluding hydrogens is 464 g/mol. The van der Waals surface area contributed by atoms with E-state index in [2.05, 4.69) is 9.71 Å². The molecule has 2 aromatic carbocycles. The molecule has 7 nitrogen and oxygen atoms in total. The summed E-state index contributed by atoms with van der Waals surface area (Å²) in [5.74, 6) is -1.32. The van der Waals surface area contributed by atoms with Gasteiger partial charge in [-0.15, -0.1) is 0 Å². The Kier molecular flexibility index (Phi) is 6.28. The van der Waals surface area contributed by atoms with Gasteiger partial charge in [0.2, 0.25) is 0 Å². The van der Waals surface area contributed by atoms with Gasteiger partial charge in [0.15, 0.2) is 11.6 Å². The summed E-state index contributed by atoms with van der Waals surface area (Å²) in [6.07, 6.45) is 2.81. The third kappa shape index (κ3) is 4.79. The number of sulfonamides is 1. The molecule has 0 spiro atoms. The highest BCUT2D eigenvalue weighted by molar-refractivity contribution is 7.92. The van der Waals surface area contributed by atoms with Gasteiger partial charge in [-0.2, -0.15) is 0 Å². The molecule has 1 N–H and O–H groups in total. The van der Waals surface area contributed by atoms with Crippen molar-refractivity contribution in [3.05, 3.63) is 88.7 Å². The van der Waals surface area contributed by atoms with Gasteiger partial charge in [0.05, 0.1) is 22.8 Å². The predicted octanol–water partition coefficient (Wildman–Crippen LogP) is 4.76. The first kappa shape index (κ1) is 23.4. The SMILES string of the molecule is C[C@H]1OC(C)(c2ccc(S(=O)(=O)Nc3ccc(Cl)cc3C(=O)c3ccncc3)cc2)O[C@@H]1C. The Bertz CT molecular complexity index is 1270. The zero-order valence-corrected chi connectivity index (χ0v) is 19.9. The summed E-state index contributed by atoms with van der Waals surface area (Å²) < 4.78 is 40.5. The lowest BCUT2D eigenvalue weighted by Gasteiger charge is -2.24. The Morgan fingerprint density at radius 3 is 2.21 bits per heavy atom. The maximum Gasteiger partial charge on any atom is 0.261 e. The highest BCUT2D eigenvalue weighted by Crippen LogP contribution is 2.37. The van der Waals surface area contributed by atoms with Crippen molar-refractivity contribution in [3.8, 4) is 0 Å². The Morgan fingerprint density at radius 1 is 1.00 bits per heavy atom. The summed E-state index contributed by atoms with van der Waals surface area (Å²) in [6, 6.07) is 13.8. The van der Waals surface area contributed by atoms with E-state index >= 15 is 0 Å². The number of benzene rings is 2. The van der Waals surface area contributed by atoms with Crippen molar-refractivity contribution < 1.29 is 22.7 Å². The maximum absolute atomic E-state index is 13.1. The minimum absolute atomic E-state index is 0.0335. The van der Waals surface area contributed by atoms with Gasteiger partial charge < -0.3 is 9.47 Å². The van der Waals surface area contributed by atoms with Crippen molar-refractivity contribution in [2.45, 2.75) is 43.7 Å².